The number of fused-ring (bicyclic) bond motifs is 1. The number of aromatic nitrogens is 4. The third-order valence-corrected chi connectivity index (χ3v) is 2.92. The Morgan fingerprint density at radius 2 is 2.17 bits per heavy atom. The predicted molar refractivity (Wildman–Crippen MR) is 64.7 cm³/mol. The van der Waals surface area contributed by atoms with Crippen LogP contribution < -0.4 is 11.2 Å². The number of aromatic amines is 2. The lowest BCUT2D eigenvalue weighted by Crippen LogP contribution is -2.28. The molecule has 0 fully saturated rings. The van der Waals surface area contributed by atoms with Gasteiger partial charge in [0.1, 0.15) is 11.3 Å². The van der Waals surface area contributed by atoms with Crippen molar-refractivity contribution in [3.05, 3.63) is 38.4 Å². The third kappa shape index (κ3) is 1.41. The highest BCUT2D eigenvalue weighted by Crippen LogP contribution is 2.27. The summed E-state index contributed by atoms with van der Waals surface area (Å²) in [4.78, 5) is 32.2. The minimum Gasteiger partial charge on any atom is -0.452 e. The molecule has 3 aromatic heterocycles. The van der Waals surface area contributed by atoms with Gasteiger partial charge in [-0.3, -0.25) is 14.3 Å². The summed E-state index contributed by atoms with van der Waals surface area (Å²) >= 11 is 5.83. The number of nitrogens with zero attached hydrogens (tertiary/aromatic N) is 2. The first kappa shape index (κ1) is 10.8. The number of H-pyrrole nitrogens is 2. The topological polar surface area (TPSA) is 96.7 Å². The Balaban J connectivity index is 2.40. The van der Waals surface area contributed by atoms with Crippen molar-refractivity contribution in [2.75, 3.05) is 0 Å². The van der Waals surface area contributed by atoms with Crippen molar-refractivity contribution >= 4 is 22.8 Å². The Labute approximate surface area is 104 Å². The molecule has 0 aromatic carbocycles. The molecule has 3 heterocycles. The maximum atomic E-state index is 11.6. The molecule has 0 spiro atoms. The molecule has 0 aliphatic rings. The van der Waals surface area contributed by atoms with E-state index in [4.69, 9.17) is 16.0 Å². The Kier molecular flexibility index (Phi) is 2.17. The number of hydrogen-bond acceptors (Lipinski definition) is 4. The summed E-state index contributed by atoms with van der Waals surface area (Å²) in [7, 11) is 1.52. The summed E-state index contributed by atoms with van der Waals surface area (Å²) in [6.45, 7) is 0. The molecular weight excluding hydrogens is 260 g/mol. The highest BCUT2D eigenvalue weighted by molar-refractivity contribution is 6.31. The van der Waals surface area contributed by atoms with Gasteiger partial charge in [-0.05, 0) is 17.7 Å². The van der Waals surface area contributed by atoms with Crippen molar-refractivity contribution in [3.8, 4) is 11.4 Å². The van der Waals surface area contributed by atoms with Crippen molar-refractivity contribution < 1.29 is 4.42 Å². The smallest absolute Gasteiger partial charge is 0.329 e. The van der Waals surface area contributed by atoms with Crippen LogP contribution in [0.25, 0.3) is 22.6 Å². The molecule has 3 aromatic rings. The highest BCUT2D eigenvalue weighted by atomic mass is 35.5. The van der Waals surface area contributed by atoms with Crippen LogP contribution >= 0.6 is 11.6 Å². The second-order valence-corrected chi connectivity index (χ2v) is 4.05. The van der Waals surface area contributed by atoms with E-state index in [0.717, 1.165) is 0 Å². The lowest BCUT2D eigenvalue weighted by molar-refractivity contribution is 0.570. The number of aryl methyl sites for hydroxylation is 1. The summed E-state index contributed by atoms with van der Waals surface area (Å²) < 4.78 is 6.19. The van der Waals surface area contributed by atoms with Gasteiger partial charge in [-0.2, -0.15) is 0 Å². The second-order valence-electron chi connectivity index (χ2n) is 3.71. The number of halogens is 1. The van der Waals surface area contributed by atoms with Crippen LogP contribution in [0.1, 0.15) is 0 Å². The van der Waals surface area contributed by atoms with E-state index in [-0.39, 0.29) is 16.4 Å². The summed E-state index contributed by atoms with van der Waals surface area (Å²) in [5.74, 6) is 0.371. The van der Waals surface area contributed by atoms with Crippen LogP contribution in [0.3, 0.4) is 0 Å². The van der Waals surface area contributed by atoms with Gasteiger partial charge in [-0.1, -0.05) is 0 Å². The monoisotopic (exact) mass is 266 g/mol. The van der Waals surface area contributed by atoms with E-state index in [2.05, 4.69) is 15.0 Å². The van der Waals surface area contributed by atoms with Crippen LogP contribution in [0, 0.1) is 0 Å². The molecule has 7 nitrogen and oxygen atoms in total. The molecular formula is C10H7ClN4O3. The Morgan fingerprint density at radius 3 is 2.83 bits per heavy atom. The Hall–Kier alpha value is -2.28. The van der Waals surface area contributed by atoms with Gasteiger partial charge in [0.25, 0.3) is 5.56 Å². The lowest BCUT2D eigenvalue weighted by atomic mass is 10.3. The predicted octanol–water partition coefficient (Wildman–Crippen LogP) is 0.863. The number of hydrogen-bond donors (Lipinski definition) is 2. The molecule has 0 radical (unpaired) electrons. The number of imidazole rings is 1. The van der Waals surface area contributed by atoms with E-state index in [1.54, 1.807) is 6.07 Å². The lowest BCUT2D eigenvalue weighted by Gasteiger charge is -1.94. The normalized spacial score (nSPS) is 11.2. The SMILES string of the molecule is Cn1c(=O)[nH]c(=O)c2[nH]c(-c3ccoc3Cl)nc21. The molecule has 0 atom stereocenters. The van der Waals surface area contributed by atoms with Gasteiger partial charge < -0.3 is 9.40 Å². The quantitative estimate of drug-likeness (QED) is 0.683. The summed E-state index contributed by atoms with van der Waals surface area (Å²) in [5, 5.41) is 0.162. The largest absolute Gasteiger partial charge is 0.452 e. The summed E-state index contributed by atoms with van der Waals surface area (Å²) in [6, 6.07) is 1.62. The first-order chi connectivity index (χ1) is 8.58. The Bertz CT molecular complexity index is 854. The minimum atomic E-state index is -0.524. The Morgan fingerprint density at radius 1 is 1.39 bits per heavy atom. The maximum absolute atomic E-state index is 11.6. The standard InChI is InChI=1S/C10H7ClN4O3/c1-15-8-5(9(16)14-10(15)17)12-7(13-8)4-2-3-18-6(4)11/h2-3H,1H3,(H,12,13)(H,14,16,17). The summed E-state index contributed by atoms with van der Waals surface area (Å²) in [6.07, 6.45) is 1.41. The van der Waals surface area contributed by atoms with E-state index in [0.29, 0.717) is 11.4 Å². The molecule has 0 saturated carbocycles. The van der Waals surface area contributed by atoms with Gasteiger partial charge in [0, 0.05) is 7.05 Å². The van der Waals surface area contributed by atoms with Crippen LogP contribution in [-0.2, 0) is 7.05 Å². The first-order valence-corrected chi connectivity index (χ1v) is 5.38. The van der Waals surface area contributed by atoms with E-state index in [1.165, 1.54) is 17.9 Å². The third-order valence-electron chi connectivity index (χ3n) is 2.63. The molecule has 0 aliphatic carbocycles. The fourth-order valence-corrected chi connectivity index (χ4v) is 1.90. The van der Waals surface area contributed by atoms with Gasteiger partial charge in [0.2, 0.25) is 5.22 Å². The molecule has 0 saturated heterocycles. The van der Waals surface area contributed by atoms with E-state index in [9.17, 15) is 9.59 Å². The van der Waals surface area contributed by atoms with E-state index in [1.807, 2.05) is 0 Å². The molecule has 8 heteroatoms. The first-order valence-electron chi connectivity index (χ1n) is 5.00. The number of furan rings is 1. The summed E-state index contributed by atoms with van der Waals surface area (Å²) in [5.41, 5.74) is -0.0459. The van der Waals surface area contributed by atoms with E-state index >= 15 is 0 Å². The zero-order valence-corrected chi connectivity index (χ0v) is 9.91. The molecule has 0 bridgehead atoms. The molecule has 0 unspecified atom stereocenters. The maximum Gasteiger partial charge on any atom is 0.329 e. The zero-order valence-electron chi connectivity index (χ0n) is 9.15. The van der Waals surface area contributed by atoms with Crippen molar-refractivity contribution in [1.29, 1.82) is 0 Å². The molecule has 2 N–H and O–H groups in total. The fourth-order valence-electron chi connectivity index (χ4n) is 1.70. The minimum absolute atomic E-state index is 0.162. The molecule has 3 rings (SSSR count). The second kappa shape index (κ2) is 3.61. The van der Waals surface area contributed by atoms with E-state index < -0.39 is 11.2 Å². The fraction of sp³-hybridized carbons (Fsp3) is 0.100. The highest BCUT2D eigenvalue weighted by Gasteiger charge is 2.15. The average Bonchev–Trinajstić information content (AvgIpc) is 2.92. The average molecular weight is 267 g/mol. The number of nitrogens with one attached hydrogen (secondary N) is 2. The van der Waals surface area contributed by atoms with Crippen LogP contribution in [0.2, 0.25) is 5.22 Å². The van der Waals surface area contributed by atoms with Gasteiger partial charge in [-0.15, -0.1) is 0 Å². The molecule has 18 heavy (non-hydrogen) atoms. The van der Waals surface area contributed by atoms with Gasteiger partial charge >= 0.3 is 5.69 Å². The van der Waals surface area contributed by atoms with Crippen LogP contribution in [0.15, 0.2) is 26.3 Å². The molecule has 0 aliphatic heterocycles. The van der Waals surface area contributed by atoms with Gasteiger partial charge in [0.05, 0.1) is 11.8 Å². The van der Waals surface area contributed by atoms with Crippen molar-refractivity contribution in [3.63, 3.8) is 0 Å². The van der Waals surface area contributed by atoms with Gasteiger partial charge in [-0.25, -0.2) is 9.78 Å². The van der Waals surface area contributed by atoms with Crippen LogP contribution in [0.4, 0.5) is 0 Å². The van der Waals surface area contributed by atoms with Crippen molar-refractivity contribution in [2.45, 2.75) is 0 Å². The zero-order chi connectivity index (χ0) is 12.9. The van der Waals surface area contributed by atoms with Crippen molar-refractivity contribution in [2.24, 2.45) is 7.05 Å². The van der Waals surface area contributed by atoms with Gasteiger partial charge in [0.15, 0.2) is 5.65 Å². The van der Waals surface area contributed by atoms with Crippen LogP contribution in [-0.4, -0.2) is 19.5 Å². The van der Waals surface area contributed by atoms with Crippen molar-refractivity contribution in [1.82, 2.24) is 19.5 Å². The van der Waals surface area contributed by atoms with Crippen LogP contribution in [0.5, 0.6) is 0 Å². The molecule has 0 amide bonds. The number of rotatable bonds is 1. The molecule has 92 valence electrons.